The minimum Gasteiger partial charge on any atom is -0.459 e. The fourth-order valence-electron chi connectivity index (χ4n) is 1.69. The molecule has 2 amide bonds. The third-order valence-electron chi connectivity index (χ3n) is 3.27. The highest BCUT2D eigenvalue weighted by Gasteiger charge is 2.23. The molecule has 1 atom stereocenters. The van der Waals surface area contributed by atoms with Crippen LogP contribution in [-0.4, -0.2) is 29.6 Å². The molecule has 0 saturated carbocycles. The van der Waals surface area contributed by atoms with Gasteiger partial charge in [0.05, 0.1) is 22.2 Å². The van der Waals surface area contributed by atoms with E-state index in [4.69, 9.17) is 4.42 Å². The number of hydrogen-bond acceptors (Lipinski definition) is 5. The van der Waals surface area contributed by atoms with Gasteiger partial charge in [-0.05, 0) is 29.7 Å². The molecule has 0 bridgehead atoms. The van der Waals surface area contributed by atoms with E-state index in [2.05, 4.69) is 10.6 Å². The first-order valence-corrected chi connectivity index (χ1v) is 8.00. The molecule has 2 heterocycles. The van der Waals surface area contributed by atoms with Gasteiger partial charge in [0.15, 0.2) is 5.76 Å². The van der Waals surface area contributed by atoms with Gasteiger partial charge in [0.25, 0.3) is 11.8 Å². The lowest BCUT2D eigenvalue weighted by Crippen LogP contribution is -2.39. The van der Waals surface area contributed by atoms with Crippen molar-refractivity contribution in [1.82, 2.24) is 5.32 Å². The summed E-state index contributed by atoms with van der Waals surface area (Å²) in [5.74, 6) is -0.443. The van der Waals surface area contributed by atoms with Crippen LogP contribution in [0.5, 0.6) is 0 Å². The van der Waals surface area contributed by atoms with Gasteiger partial charge in [-0.15, -0.1) is 11.3 Å². The first-order valence-electron chi connectivity index (χ1n) is 7.18. The Hall–Kier alpha value is -2.12. The monoisotopic (exact) mass is 336 g/mol. The first kappa shape index (κ1) is 17.2. The molecule has 0 spiro atoms. The summed E-state index contributed by atoms with van der Waals surface area (Å²) in [5, 5.41) is 15.8. The van der Waals surface area contributed by atoms with Gasteiger partial charge in [-0.1, -0.05) is 20.8 Å². The summed E-state index contributed by atoms with van der Waals surface area (Å²) < 4.78 is 5.00. The highest BCUT2D eigenvalue weighted by molar-refractivity contribution is 7.18. The molecule has 0 aliphatic heterocycles. The second-order valence-corrected chi connectivity index (χ2v) is 7.27. The number of carbonyl (C=O) groups excluding carboxylic acids is 2. The van der Waals surface area contributed by atoms with Crippen LogP contribution in [0.15, 0.2) is 34.9 Å². The molecule has 0 aliphatic carbocycles. The van der Waals surface area contributed by atoms with E-state index in [1.165, 1.54) is 6.26 Å². The minimum absolute atomic E-state index is 0.175. The maximum absolute atomic E-state index is 12.1. The van der Waals surface area contributed by atoms with E-state index in [9.17, 15) is 14.7 Å². The molecule has 7 heteroatoms. The standard InChI is InChI=1S/C16H20N2O4S/c1-16(2,3)12(19)9-17-15(21)11-6-7-13(23-11)18-14(20)10-5-4-8-22-10/h4-8,12,19H,9H2,1-3H3,(H,17,21)(H,18,20). The van der Waals surface area contributed by atoms with Crippen molar-refractivity contribution in [2.45, 2.75) is 26.9 Å². The largest absolute Gasteiger partial charge is 0.459 e. The van der Waals surface area contributed by atoms with Gasteiger partial charge in [0.2, 0.25) is 0 Å². The average molecular weight is 336 g/mol. The molecule has 2 aromatic rings. The molecule has 1 unspecified atom stereocenters. The molecule has 124 valence electrons. The number of furan rings is 1. The van der Waals surface area contributed by atoms with Crippen molar-refractivity contribution in [2.75, 3.05) is 11.9 Å². The van der Waals surface area contributed by atoms with Crippen LogP contribution in [-0.2, 0) is 0 Å². The quantitative estimate of drug-likeness (QED) is 0.783. The van der Waals surface area contributed by atoms with Crippen LogP contribution in [0.1, 0.15) is 41.0 Å². The molecule has 6 nitrogen and oxygen atoms in total. The Morgan fingerprint density at radius 2 is 2.00 bits per heavy atom. The summed E-state index contributed by atoms with van der Waals surface area (Å²) in [4.78, 5) is 24.4. The number of carbonyl (C=O) groups is 2. The number of aliphatic hydroxyl groups excluding tert-OH is 1. The van der Waals surface area contributed by atoms with E-state index in [0.29, 0.717) is 9.88 Å². The van der Waals surface area contributed by atoms with Gasteiger partial charge in [-0.3, -0.25) is 9.59 Å². The Morgan fingerprint density at radius 3 is 2.61 bits per heavy atom. The van der Waals surface area contributed by atoms with Crippen molar-refractivity contribution in [2.24, 2.45) is 5.41 Å². The lowest BCUT2D eigenvalue weighted by atomic mass is 9.89. The number of anilines is 1. The number of rotatable bonds is 5. The van der Waals surface area contributed by atoms with Gasteiger partial charge < -0.3 is 20.2 Å². The van der Waals surface area contributed by atoms with E-state index < -0.39 is 6.10 Å². The Balaban J connectivity index is 1.91. The Bertz CT molecular complexity index is 671. The fourth-order valence-corrected chi connectivity index (χ4v) is 2.51. The van der Waals surface area contributed by atoms with Crippen LogP contribution in [0.2, 0.25) is 0 Å². The van der Waals surface area contributed by atoms with Crippen LogP contribution in [0.4, 0.5) is 5.00 Å². The van der Waals surface area contributed by atoms with Gasteiger partial charge in [-0.2, -0.15) is 0 Å². The highest BCUT2D eigenvalue weighted by Crippen LogP contribution is 2.23. The zero-order valence-corrected chi connectivity index (χ0v) is 14.1. The number of hydrogen-bond donors (Lipinski definition) is 3. The van der Waals surface area contributed by atoms with Crippen molar-refractivity contribution in [3.05, 3.63) is 41.2 Å². The lowest BCUT2D eigenvalue weighted by molar-refractivity contribution is 0.0588. The third-order valence-corrected chi connectivity index (χ3v) is 4.27. The fraction of sp³-hybridized carbons (Fsp3) is 0.375. The van der Waals surface area contributed by atoms with Crippen molar-refractivity contribution in [1.29, 1.82) is 0 Å². The van der Waals surface area contributed by atoms with E-state index in [1.807, 2.05) is 20.8 Å². The SMILES string of the molecule is CC(C)(C)C(O)CNC(=O)c1ccc(NC(=O)c2ccco2)s1. The molecular weight excluding hydrogens is 316 g/mol. The molecular formula is C16H20N2O4S. The summed E-state index contributed by atoms with van der Waals surface area (Å²) in [6.07, 6.45) is 0.785. The first-order chi connectivity index (χ1) is 10.8. The molecule has 0 aromatic carbocycles. The molecule has 0 saturated heterocycles. The predicted octanol–water partition coefficient (Wildman–Crippen LogP) is 2.73. The van der Waals surface area contributed by atoms with E-state index >= 15 is 0 Å². The third kappa shape index (κ3) is 4.67. The van der Waals surface area contributed by atoms with Gasteiger partial charge in [0.1, 0.15) is 0 Å². The van der Waals surface area contributed by atoms with E-state index in [0.717, 1.165) is 11.3 Å². The Kier molecular flexibility index (Phi) is 5.23. The lowest BCUT2D eigenvalue weighted by Gasteiger charge is -2.25. The zero-order valence-electron chi connectivity index (χ0n) is 13.3. The van der Waals surface area contributed by atoms with Crippen LogP contribution < -0.4 is 10.6 Å². The second kappa shape index (κ2) is 6.97. The normalized spacial score (nSPS) is 12.7. The minimum atomic E-state index is -0.635. The zero-order chi connectivity index (χ0) is 17.0. The Morgan fingerprint density at radius 1 is 1.26 bits per heavy atom. The molecule has 0 aliphatic rings. The summed E-state index contributed by atoms with van der Waals surface area (Å²) in [6, 6.07) is 6.47. The number of aliphatic hydroxyl groups is 1. The molecule has 3 N–H and O–H groups in total. The molecule has 2 rings (SSSR count). The molecule has 2 aromatic heterocycles. The summed E-state index contributed by atoms with van der Waals surface area (Å²) in [6.45, 7) is 5.88. The van der Waals surface area contributed by atoms with Crippen LogP contribution >= 0.6 is 11.3 Å². The number of amides is 2. The van der Waals surface area contributed by atoms with Crippen molar-refractivity contribution in [3.63, 3.8) is 0 Å². The van der Waals surface area contributed by atoms with E-state index in [-0.39, 0.29) is 29.5 Å². The maximum Gasteiger partial charge on any atom is 0.291 e. The molecule has 0 radical (unpaired) electrons. The van der Waals surface area contributed by atoms with E-state index in [1.54, 1.807) is 24.3 Å². The Labute approximate surface area is 138 Å². The van der Waals surface area contributed by atoms with Crippen LogP contribution in [0.3, 0.4) is 0 Å². The van der Waals surface area contributed by atoms with Gasteiger partial charge in [-0.25, -0.2) is 0 Å². The smallest absolute Gasteiger partial charge is 0.291 e. The highest BCUT2D eigenvalue weighted by atomic mass is 32.1. The summed E-state index contributed by atoms with van der Waals surface area (Å²) >= 11 is 1.16. The summed E-state index contributed by atoms with van der Waals surface area (Å²) in [7, 11) is 0. The predicted molar refractivity (Wildman–Crippen MR) is 88.8 cm³/mol. The average Bonchev–Trinajstić information content (AvgIpc) is 3.14. The molecule has 0 fully saturated rings. The summed E-state index contributed by atoms with van der Waals surface area (Å²) in [5.41, 5.74) is -0.301. The maximum atomic E-state index is 12.1. The van der Waals surface area contributed by atoms with Crippen molar-refractivity contribution < 1.29 is 19.1 Å². The van der Waals surface area contributed by atoms with Crippen LogP contribution in [0, 0.1) is 5.41 Å². The van der Waals surface area contributed by atoms with Crippen LogP contribution in [0.25, 0.3) is 0 Å². The number of nitrogens with one attached hydrogen (secondary N) is 2. The molecule has 23 heavy (non-hydrogen) atoms. The number of thiophene rings is 1. The van der Waals surface area contributed by atoms with Gasteiger partial charge in [0, 0.05) is 6.54 Å². The van der Waals surface area contributed by atoms with Crippen molar-refractivity contribution in [3.8, 4) is 0 Å². The second-order valence-electron chi connectivity index (χ2n) is 6.19. The topological polar surface area (TPSA) is 91.6 Å². The van der Waals surface area contributed by atoms with Gasteiger partial charge >= 0.3 is 0 Å². The van der Waals surface area contributed by atoms with Crippen molar-refractivity contribution >= 4 is 28.2 Å².